The van der Waals surface area contributed by atoms with Gasteiger partial charge < -0.3 is 20.1 Å². The van der Waals surface area contributed by atoms with Crippen LogP contribution in [0.4, 0.5) is 0 Å². The number of carbonyl (C=O) groups is 1. The largest absolute Gasteiger partial charge is 0.489 e. The first-order valence-electron chi connectivity index (χ1n) is 10.1. The standard InChI is InChI=1S/C23H28N2O3/c26-22(25-16-19-14-24-15-19)23(10-12-27-13-11-23)20-6-8-21(9-7-20)28-17-18-4-2-1-3-5-18/h1-9,19,24H,10-17H2,(H,25,26). The quantitative estimate of drug-likeness (QED) is 0.775. The van der Waals surface area contributed by atoms with Gasteiger partial charge in [0.05, 0.1) is 5.41 Å². The smallest absolute Gasteiger partial charge is 0.230 e. The Morgan fingerprint density at radius 2 is 1.79 bits per heavy atom. The number of nitrogens with one attached hydrogen (secondary N) is 2. The molecule has 0 atom stereocenters. The summed E-state index contributed by atoms with van der Waals surface area (Å²) < 4.78 is 11.4. The third-order valence-electron chi connectivity index (χ3n) is 5.85. The van der Waals surface area contributed by atoms with Crippen LogP contribution in [0.5, 0.6) is 5.75 Å². The van der Waals surface area contributed by atoms with E-state index in [2.05, 4.69) is 10.6 Å². The van der Waals surface area contributed by atoms with Crippen LogP contribution in [-0.4, -0.2) is 38.8 Å². The average molecular weight is 380 g/mol. The summed E-state index contributed by atoms with van der Waals surface area (Å²) in [7, 11) is 0. The fourth-order valence-electron chi connectivity index (χ4n) is 3.88. The zero-order valence-corrected chi connectivity index (χ0v) is 16.2. The van der Waals surface area contributed by atoms with Crippen molar-refractivity contribution in [2.75, 3.05) is 32.8 Å². The Morgan fingerprint density at radius 1 is 1.07 bits per heavy atom. The minimum absolute atomic E-state index is 0.126. The minimum Gasteiger partial charge on any atom is -0.489 e. The fourth-order valence-corrected chi connectivity index (χ4v) is 3.88. The first-order chi connectivity index (χ1) is 13.8. The van der Waals surface area contributed by atoms with Crippen molar-refractivity contribution in [3.05, 3.63) is 65.7 Å². The summed E-state index contributed by atoms with van der Waals surface area (Å²) in [5, 5.41) is 6.44. The molecule has 0 spiro atoms. The lowest BCUT2D eigenvalue weighted by molar-refractivity contribution is -0.130. The van der Waals surface area contributed by atoms with Crippen LogP contribution >= 0.6 is 0 Å². The van der Waals surface area contributed by atoms with Crippen molar-refractivity contribution in [2.45, 2.75) is 24.9 Å². The zero-order valence-electron chi connectivity index (χ0n) is 16.2. The third-order valence-corrected chi connectivity index (χ3v) is 5.85. The summed E-state index contributed by atoms with van der Waals surface area (Å²) in [6.07, 6.45) is 1.43. The molecule has 28 heavy (non-hydrogen) atoms. The molecule has 2 N–H and O–H groups in total. The predicted octanol–water partition coefficient (Wildman–Crippen LogP) is 2.65. The van der Waals surface area contributed by atoms with Crippen LogP contribution in [-0.2, 0) is 21.6 Å². The van der Waals surface area contributed by atoms with E-state index in [-0.39, 0.29) is 5.91 Å². The molecule has 0 aliphatic carbocycles. The highest BCUT2D eigenvalue weighted by atomic mass is 16.5. The van der Waals surface area contributed by atoms with E-state index >= 15 is 0 Å². The number of benzene rings is 2. The van der Waals surface area contributed by atoms with Crippen molar-refractivity contribution >= 4 is 5.91 Å². The molecule has 2 aromatic carbocycles. The number of hydrogen-bond donors (Lipinski definition) is 2. The van der Waals surface area contributed by atoms with E-state index in [0.717, 1.165) is 36.5 Å². The SMILES string of the molecule is O=C(NCC1CNC1)C1(c2ccc(OCc3ccccc3)cc2)CCOCC1. The maximum absolute atomic E-state index is 13.1. The molecule has 2 aliphatic heterocycles. The molecule has 2 aromatic rings. The first-order valence-corrected chi connectivity index (χ1v) is 10.1. The topological polar surface area (TPSA) is 59.6 Å². The molecule has 0 saturated carbocycles. The summed E-state index contributed by atoms with van der Waals surface area (Å²) in [4.78, 5) is 13.1. The lowest BCUT2D eigenvalue weighted by Gasteiger charge is -2.37. The molecule has 2 saturated heterocycles. The highest BCUT2D eigenvalue weighted by Gasteiger charge is 2.41. The van der Waals surface area contributed by atoms with Gasteiger partial charge in [-0.3, -0.25) is 4.79 Å². The molecule has 0 radical (unpaired) electrons. The zero-order chi connectivity index (χ0) is 19.2. The molecule has 2 fully saturated rings. The van der Waals surface area contributed by atoms with Gasteiger partial charge in [0, 0.05) is 38.8 Å². The summed E-state index contributed by atoms with van der Waals surface area (Å²) in [5.41, 5.74) is 1.68. The van der Waals surface area contributed by atoms with E-state index in [0.29, 0.717) is 38.6 Å². The van der Waals surface area contributed by atoms with E-state index in [1.54, 1.807) is 0 Å². The van der Waals surface area contributed by atoms with E-state index in [9.17, 15) is 4.79 Å². The van der Waals surface area contributed by atoms with Crippen LogP contribution in [0, 0.1) is 5.92 Å². The average Bonchev–Trinajstić information content (AvgIpc) is 2.72. The van der Waals surface area contributed by atoms with Crippen LogP contribution < -0.4 is 15.4 Å². The Labute approximate surface area is 166 Å². The number of rotatable bonds is 7. The molecule has 2 aliphatic rings. The lowest BCUT2D eigenvalue weighted by Crippen LogP contribution is -2.53. The van der Waals surface area contributed by atoms with Gasteiger partial charge >= 0.3 is 0 Å². The molecule has 2 heterocycles. The highest BCUT2D eigenvalue weighted by molar-refractivity contribution is 5.88. The molecule has 4 rings (SSSR count). The van der Waals surface area contributed by atoms with Gasteiger partial charge in [0.2, 0.25) is 5.91 Å². The molecule has 5 nitrogen and oxygen atoms in total. The Hall–Kier alpha value is -2.37. The number of carbonyl (C=O) groups excluding carboxylic acids is 1. The van der Waals surface area contributed by atoms with Gasteiger partial charge in [0.15, 0.2) is 0 Å². The summed E-state index contributed by atoms with van der Waals surface area (Å²) in [6.45, 7) is 4.49. The van der Waals surface area contributed by atoms with Gasteiger partial charge in [0.1, 0.15) is 12.4 Å². The Bertz CT molecular complexity index is 766. The lowest BCUT2D eigenvalue weighted by atomic mass is 9.73. The molecule has 1 amide bonds. The van der Waals surface area contributed by atoms with E-state index in [1.807, 2.05) is 54.6 Å². The number of ether oxygens (including phenoxy) is 2. The van der Waals surface area contributed by atoms with Crippen molar-refractivity contribution in [3.63, 3.8) is 0 Å². The van der Waals surface area contributed by atoms with E-state index in [1.165, 1.54) is 0 Å². The summed E-state index contributed by atoms with van der Waals surface area (Å²) in [6, 6.07) is 18.1. The first kappa shape index (κ1) is 19.0. The monoisotopic (exact) mass is 380 g/mol. The van der Waals surface area contributed by atoms with Gasteiger partial charge in [-0.25, -0.2) is 0 Å². The van der Waals surface area contributed by atoms with Gasteiger partial charge in [-0.05, 0) is 36.1 Å². The molecule has 0 unspecified atom stereocenters. The fraction of sp³-hybridized carbons (Fsp3) is 0.435. The van der Waals surface area contributed by atoms with Crippen LogP contribution in [0.2, 0.25) is 0 Å². The molecule has 0 bridgehead atoms. The Balaban J connectivity index is 1.44. The third kappa shape index (κ3) is 4.21. The summed E-state index contributed by atoms with van der Waals surface area (Å²) >= 11 is 0. The second-order valence-electron chi connectivity index (χ2n) is 7.73. The second kappa shape index (κ2) is 8.76. The molecular formula is C23H28N2O3. The molecule has 148 valence electrons. The summed E-state index contributed by atoms with van der Waals surface area (Å²) in [5.74, 6) is 1.49. The maximum atomic E-state index is 13.1. The molecule has 0 aromatic heterocycles. The minimum atomic E-state index is -0.507. The highest BCUT2D eigenvalue weighted by Crippen LogP contribution is 2.36. The van der Waals surface area contributed by atoms with Crippen LogP contribution in [0.1, 0.15) is 24.0 Å². The van der Waals surface area contributed by atoms with Crippen molar-refractivity contribution in [2.24, 2.45) is 5.92 Å². The predicted molar refractivity (Wildman–Crippen MR) is 108 cm³/mol. The van der Waals surface area contributed by atoms with Gasteiger partial charge in [-0.2, -0.15) is 0 Å². The van der Waals surface area contributed by atoms with Crippen LogP contribution in [0.25, 0.3) is 0 Å². The van der Waals surface area contributed by atoms with Crippen LogP contribution in [0.3, 0.4) is 0 Å². The number of hydrogen-bond acceptors (Lipinski definition) is 4. The number of amides is 1. The second-order valence-corrected chi connectivity index (χ2v) is 7.73. The molecule has 5 heteroatoms. The van der Waals surface area contributed by atoms with Gasteiger partial charge in [0.25, 0.3) is 0 Å². The normalized spacial score (nSPS) is 18.9. The van der Waals surface area contributed by atoms with E-state index in [4.69, 9.17) is 9.47 Å². The maximum Gasteiger partial charge on any atom is 0.230 e. The Kier molecular flexibility index (Phi) is 5.93. The van der Waals surface area contributed by atoms with E-state index < -0.39 is 5.41 Å². The molecular weight excluding hydrogens is 352 g/mol. The van der Waals surface area contributed by atoms with Crippen molar-refractivity contribution < 1.29 is 14.3 Å². The van der Waals surface area contributed by atoms with Crippen LogP contribution in [0.15, 0.2) is 54.6 Å². The Morgan fingerprint density at radius 3 is 2.43 bits per heavy atom. The van der Waals surface area contributed by atoms with Crippen molar-refractivity contribution in [3.8, 4) is 5.75 Å². The van der Waals surface area contributed by atoms with Gasteiger partial charge in [-0.1, -0.05) is 42.5 Å². The van der Waals surface area contributed by atoms with Crippen molar-refractivity contribution in [1.29, 1.82) is 0 Å². The van der Waals surface area contributed by atoms with Crippen molar-refractivity contribution in [1.82, 2.24) is 10.6 Å². The van der Waals surface area contributed by atoms with Gasteiger partial charge in [-0.15, -0.1) is 0 Å².